The van der Waals surface area contributed by atoms with Crippen molar-refractivity contribution in [2.24, 2.45) is 16.8 Å². The van der Waals surface area contributed by atoms with Crippen LogP contribution in [0.25, 0.3) is 0 Å². The van der Waals surface area contributed by atoms with Gasteiger partial charge in [0.1, 0.15) is 18.3 Å². The molecule has 1 fully saturated rings. The van der Waals surface area contributed by atoms with Gasteiger partial charge in [0.25, 0.3) is 0 Å². The summed E-state index contributed by atoms with van der Waals surface area (Å²) in [5.41, 5.74) is 2.12. The third kappa shape index (κ3) is 3.57. The van der Waals surface area contributed by atoms with Gasteiger partial charge in [-0.1, -0.05) is 37.3 Å². The van der Waals surface area contributed by atoms with Crippen molar-refractivity contribution in [1.29, 1.82) is 0 Å². The van der Waals surface area contributed by atoms with Gasteiger partial charge >= 0.3 is 6.03 Å². The lowest BCUT2D eigenvalue weighted by molar-refractivity contribution is 0.216. The van der Waals surface area contributed by atoms with E-state index in [2.05, 4.69) is 41.4 Å². The molecule has 2 atom stereocenters. The number of fused-ring (bicyclic) bond motifs is 1. The van der Waals surface area contributed by atoms with E-state index in [0.29, 0.717) is 18.4 Å². The minimum atomic E-state index is -0.281. The van der Waals surface area contributed by atoms with E-state index in [-0.39, 0.29) is 17.8 Å². The van der Waals surface area contributed by atoms with E-state index < -0.39 is 0 Å². The van der Waals surface area contributed by atoms with E-state index in [9.17, 15) is 9.18 Å². The molecule has 154 valence electrons. The number of carbonyl (C=O) groups excluding carboxylic acids is 1. The molecular weight excluding hydrogens is 381 g/mol. The van der Waals surface area contributed by atoms with Crippen LogP contribution in [-0.2, 0) is 6.54 Å². The fourth-order valence-corrected chi connectivity index (χ4v) is 4.42. The standard InChI is InChI=1S/C23H24FN5O/c1-16-11-27(12-17-5-3-2-4-6-17)13-20(16)22-25-21-14-28(15-29(21)23(30)26-22)19-9-7-18(24)8-10-19/h2-10,14,16,20H,11-13,15H2,1H3,(H,25,26,30). The Labute approximate surface area is 175 Å². The zero-order valence-electron chi connectivity index (χ0n) is 16.8. The highest BCUT2D eigenvalue weighted by atomic mass is 19.1. The van der Waals surface area contributed by atoms with Gasteiger partial charge < -0.3 is 4.90 Å². The molecule has 3 aliphatic rings. The number of rotatable bonds is 4. The van der Waals surface area contributed by atoms with Gasteiger partial charge in [-0.05, 0) is 35.7 Å². The highest BCUT2D eigenvalue weighted by Gasteiger charge is 2.39. The van der Waals surface area contributed by atoms with E-state index >= 15 is 0 Å². The molecule has 1 saturated heterocycles. The molecule has 2 amide bonds. The maximum Gasteiger partial charge on any atom is 0.329 e. The van der Waals surface area contributed by atoms with Crippen molar-refractivity contribution in [1.82, 2.24) is 15.1 Å². The summed E-state index contributed by atoms with van der Waals surface area (Å²) >= 11 is 0. The summed E-state index contributed by atoms with van der Waals surface area (Å²) < 4.78 is 13.2. The zero-order valence-corrected chi connectivity index (χ0v) is 16.8. The Morgan fingerprint density at radius 3 is 2.63 bits per heavy atom. The minimum absolute atomic E-state index is 0.162. The number of aliphatic imine (C=N–C) groups is 1. The van der Waals surface area contributed by atoms with Crippen molar-refractivity contribution >= 4 is 17.6 Å². The summed E-state index contributed by atoms with van der Waals surface area (Å²) in [6, 6.07) is 16.5. The van der Waals surface area contributed by atoms with Crippen LogP contribution in [0.4, 0.5) is 14.9 Å². The molecule has 5 rings (SSSR count). The fraction of sp³-hybridized carbons (Fsp3) is 0.304. The highest BCUT2D eigenvalue weighted by molar-refractivity contribution is 6.02. The average Bonchev–Trinajstić information content (AvgIpc) is 3.33. The molecule has 0 saturated carbocycles. The smallest absolute Gasteiger partial charge is 0.326 e. The van der Waals surface area contributed by atoms with Gasteiger partial charge in [0, 0.05) is 37.4 Å². The Bertz CT molecular complexity index is 1000. The lowest BCUT2D eigenvalue weighted by Crippen LogP contribution is -2.49. The fourth-order valence-electron chi connectivity index (χ4n) is 4.42. The van der Waals surface area contributed by atoms with Gasteiger partial charge in [0.2, 0.25) is 0 Å². The molecule has 7 heteroatoms. The highest BCUT2D eigenvalue weighted by Crippen LogP contribution is 2.30. The van der Waals surface area contributed by atoms with E-state index in [1.807, 2.05) is 17.2 Å². The van der Waals surface area contributed by atoms with Crippen molar-refractivity contribution in [3.05, 3.63) is 78.0 Å². The maximum absolute atomic E-state index is 13.2. The molecule has 2 aromatic carbocycles. The normalized spacial score (nSPS) is 23.9. The number of nitrogens with one attached hydrogen (secondary N) is 1. The predicted molar refractivity (Wildman–Crippen MR) is 114 cm³/mol. The topological polar surface area (TPSA) is 51.2 Å². The minimum Gasteiger partial charge on any atom is -0.326 e. The van der Waals surface area contributed by atoms with E-state index in [1.165, 1.54) is 17.7 Å². The number of likely N-dealkylation sites (tertiary alicyclic amines) is 1. The van der Waals surface area contributed by atoms with Crippen LogP contribution in [0, 0.1) is 17.7 Å². The maximum atomic E-state index is 13.2. The molecule has 0 aliphatic carbocycles. The SMILES string of the molecule is CC1CN(Cc2ccccc2)CC1C1=NC2=CN(c3ccc(F)cc3)CN2C(=O)N1. The van der Waals surface area contributed by atoms with Crippen molar-refractivity contribution < 1.29 is 9.18 Å². The van der Waals surface area contributed by atoms with Crippen LogP contribution in [0.15, 0.2) is 71.6 Å². The van der Waals surface area contributed by atoms with Crippen molar-refractivity contribution in [2.45, 2.75) is 13.5 Å². The number of carbonyl (C=O) groups is 1. The number of halogens is 1. The van der Waals surface area contributed by atoms with Crippen molar-refractivity contribution in [2.75, 3.05) is 24.7 Å². The molecule has 2 unspecified atom stereocenters. The molecule has 1 N–H and O–H groups in total. The molecule has 6 nitrogen and oxygen atoms in total. The van der Waals surface area contributed by atoms with Crippen molar-refractivity contribution in [3.63, 3.8) is 0 Å². The molecule has 3 aliphatic heterocycles. The molecule has 0 spiro atoms. The zero-order chi connectivity index (χ0) is 20.7. The van der Waals surface area contributed by atoms with Gasteiger partial charge in [0.05, 0.1) is 0 Å². The van der Waals surface area contributed by atoms with E-state index in [1.54, 1.807) is 17.0 Å². The van der Waals surface area contributed by atoms with Crippen molar-refractivity contribution in [3.8, 4) is 0 Å². The molecule has 0 aromatic heterocycles. The van der Waals surface area contributed by atoms with Crippen LogP contribution in [0.1, 0.15) is 12.5 Å². The number of benzene rings is 2. The number of amidine groups is 1. The molecule has 30 heavy (non-hydrogen) atoms. The Morgan fingerprint density at radius 1 is 1.10 bits per heavy atom. The quantitative estimate of drug-likeness (QED) is 0.846. The molecule has 0 bridgehead atoms. The number of hydrogen-bond donors (Lipinski definition) is 1. The molecule has 3 heterocycles. The van der Waals surface area contributed by atoms with Crippen LogP contribution in [0.2, 0.25) is 0 Å². The van der Waals surface area contributed by atoms with Gasteiger partial charge in [-0.25, -0.2) is 14.2 Å². The Balaban J connectivity index is 1.33. The van der Waals surface area contributed by atoms with Crippen LogP contribution in [0.5, 0.6) is 0 Å². The number of anilines is 1. The third-order valence-electron chi connectivity index (χ3n) is 6.00. The van der Waals surface area contributed by atoms with E-state index in [4.69, 9.17) is 4.99 Å². The second kappa shape index (κ2) is 7.57. The largest absolute Gasteiger partial charge is 0.329 e. The summed E-state index contributed by atoms with van der Waals surface area (Å²) in [7, 11) is 0. The summed E-state index contributed by atoms with van der Waals surface area (Å²) in [5, 5.41) is 3.01. The lowest BCUT2D eigenvalue weighted by atomic mass is 9.96. The Kier molecular flexibility index (Phi) is 4.75. The summed E-state index contributed by atoms with van der Waals surface area (Å²) in [6.45, 7) is 5.31. The van der Waals surface area contributed by atoms with Crippen LogP contribution >= 0.6 is 0 Å². The summed E-state index contributed by atoms with van der Waals surface area (Å²) in [6.07, 6.45) is 1.85. The van der Waals surface area contributed by atoms with E-state index in [0.717, 1.165) is 31.2 Å². The van der Waals surface area contributed by atoms with Crippen LogP contribution in [0.3, 0.4) is 0 Å². The Hall–Kier alpha value is -3.19. The second-order valence-electron chi connectivity index (χ2n) is 8.19. The van der Waals surface area contributed by atoms with Gasteiger partial charge in [-0.15, -0.1) is 0 Å². The molecule has 0 radical (unpaired) electrons. The van der Waals surface area contributed by atoms with Gasteiger partial charge in [-0.3, -0.25) is 15.1 Å². The monoisotopic (exact) mass is 405 g/mol. The molecular formula is C23H24FN5O. The third-order valence-corrected chi connectivity index (χ3v) is 6.00. The second-order valence-corrected chi connectivity index (χ2v) is 8.19. The number of hydrogen-bond acceptors (Lipinski definition) is 4. The average molecular weight is 405 g/mol. The number of nitrogens with zero attached hydrogens (tertiary/aromatic N) is 4. The number of urea groups is 1. The Morgan fingerprint density at radius 2 is 1.87 bits per heavy atom. The summed E-state index contributed by atoms with van der Waals surface area (Å²) in [5.74, 6) is 1.67. The number of amides is 2. The van der Waals surface area contributed by atoms with Gasteiger partial charge in [0.15, 0.2) is 5.82 Å². The van der Waals surface area contributed by atoms with Gasteiger partial charge in [-0.2, -0.15) is 0 Å². The first-order valence-electron chi connectivity index (χ1n) is 10.2. The molecule has 2 aromatic rings. The van der Waals surface area contributed by atoms with Crippen LogP contribution in [-0.4, -0.2) is 41.4 Å². The lowest BCUT2D eigenvalue weighted by Gasteiger charge is -2.28. The van der Waals surface area contributed by atoms with Crippen LogP contribution < -0.4 is 10.2 Å². The first kappa shape index (κ1) is 18.8. The first-order chi connectivity index (χ1) is 14.6. The predicted octanol–water partition coefficient (Wildman–Crippen LogP) is 3.59. The summed E-state index contributed by atoms with van der Waals surface area (Å²) in [4.78, 5) is 23.5. The first-order valence-corrected chi connectivity index (χ1v) is 10.2.